The zero-order chi connectivity index (χ0) is 17.9. The summed E-state index contributed by atoms with van der Waals surface area (Å²) in [5, 5.41) is 4.06. The van der Waals surface area contributed by atoms with Crippen LogP contribution in [0.5, 0.6) is 11.5 Å². The normalized spacial score (nSPS) is 11.1. The van der Waals surface area contributed by atoms with Gasteiger partial charge in [0.2, 0.25) is 0 Å². The van der Waals surface area contributed by atoms with Crippen molar-refractivity contribution in [2.75, 3.05) is 18.9 Å². The number of sulfonamides is 1. The van der Waals surface area contributed by atoms with Gasteiger partial charge < -0.3 is 9.47 Å². The van der Waals surface area contributed by atoms with E-state index >= 15 is 0 Å². The van der Waals surface area contributed by atoms with Crippen molar-refractivity contribution in [3.05, 3.63) is 55.0 Å². The number of benzene rings is 1. The Bertz CT molecular complexity index is 954. The number of pyridine rings is 1. The molecule has 0 radical (unpaired) electrons. The SMILES string of the molecule is COc1ccc(S(=O)(=O)Nc2ccc(-n3cccn3)nc2)c(OC)c1. The van der Waals surface area contributed by atoms with Crippen molar-refractivity contribution in [2.24, 2.45) is 0 Å². The Balaban J connectivity index is 1.86. The maximum Gasteiger partial charge on any atom is 0.265 e. The molecule has 3 aromatic rings. The number of methoxy groups -OCH3 is 2. The van der Waals surface area contributed by atoms with E-state index in [-0.39, 0.29) is 10.6 Å². The summed E-state index contributed by atoms with van der Waals surface area (Å²) in [4.78, 5) is 4.20. The van der Waals surface area contributed by atoms with Gasteiger partial charge in [0, 0.05) is 18.5 Å². The molecule has 2 aromatic heterocycles. The summed E-state index contributed by atoms with van der Waals surface area (Å²) in [5.74, 6) is 1.27. The minimum absolute atomic E-state index is 0.00644. The van der Waals surface area contributed by atoms with Gasteiger partial charge in [0.05, 0.1) is 26.1 Å². The van der Waals surface area contributed by atoms with Crippen molar-refractivity contribution in [3.8, 4) is 17.3 Å². The molecule has 0 unspecified atom stereocenters. The van der Waals surface area contributed by atoms with Crippen LogP contribution in [0.4, 0.5) is 5.69 Å². The maximum atomic E-state index is 12.6. The van der Waals surface area contributed by atoms with Gasteiger partial charge in [-0.2, -0.15) is 5.10 Å². The molecule has 0 aliphatic rings. The average molecular weight is 360 g/mol. The van der Waals surface area contributed by atoms with Crippen LogP contribution in [0.15, 0.2) is 59.9 Å². The lowest BCUT2D eigenvalue weighted by atomic mass is 10.3. The van der Waals surface area contributed by atoms with Gasteiger partial charge in [-0.25, -0.2) is 18.1 Å². The van der Waals surface area contributed by atoms with Crippen molar-refractivity contribution in [1.29, 1.82) is 0 Å². The molecular formula is C16H16N4O4S. The standard InChI is InChI=1S/C16H16N4O4S/c1-23-13-5-6-15(14(10-13)24-2)25(21,22)19-12-4-7-16(17-11-12)20-9-3-8-18-20/h3-11,19H,1-2H3. The minimum atomic E-state index is -3.84. The Morgan fingerprint density at radius 1 is 1.12 bits per heavy atom. The van der Waals surface area contributed by atoms with Crippen LogP contribution in [0, 0.1) is 0 Å². The fourth-order valence-electron chi connectivity index (χ4n) is 2.19. The van der Waals surface area contributed by atoms with E-state index in [1.807, 2.05) is 0 Å². The highest BCUT2D eigenvalue weighted by Crippen LogP contribution is 2.29. The first-order valence-corrected chi connectivity index (χ1v) is 8.73. The second-order valence-electron chi connectivity index (χ2n) is 4.98. The third kappa shape index (κ3) is 3.56. The Labute approximate surface area is 145 Å². The van der Waals surface area contributed by atoms with Gasteiger partial charge in [-0.3, -0.25) is 4.72 Å². The number of ether oxygens (including phenoxy) is 2. The third-order valence-electron chi connectivity index (χ3n) is 3.40. The summed E-state index contributed by atoms with van der Waals surface area (Å²) in [6, 6.07) is 9.53. The molecule has 25 heavy (non-hydrogen) atoms. The fraction of sp³-hybridized carbons (Fsp3) is 0.125. The van der Waals surface area contributed by atoms with Gasteiger partial charge >= 0.3 is 0 Å². The van der Waals surface area contributed by atoms with Crippen LogP contribution in [-0.2, 0) is 10.0 Å². The zero-order valence-corrected chi connectivity index (χ0v) is 14.4. The molecule has 0 bridgehead atoms. The minimum Gasteiger partial charge on any atom is -0.497 e. The molecule has 0 spiro atoms. The molecule has 0 aliphatic carbocycles. The number of aromatic nitrogens is 3. The number of nitrogens with zero attached hydrogens (tertiary/aromatic N) is 3. The van der Waals surface area contributed by atoms with Crippen LogP contribution < -0.4 is 14.2 Å². The Hall–Kier alpha value is -3.07. The Morgan fingerprint density at radius 3 is 2.56 bits per heavy atom. The van der Waals surface area contributed by atoms with Crippen LogP contribution in [0.25, 0.3) is 5.82 Å². The lowest BCUT2D eigenvalue weighted by molar-refractivity contribution is 0.386. The lowest BCUT2D eigenvalue weighted by Gasteiger charge is -2.12. The fourth-order valence-corrected chi connectivity index (χ4v) is 3.39. The Kier molecular flexibility index (Phi) is 4.57. The highest BCUT2D eigenvalue weighted by molar-refractivity contribution is 7.92. The number of nitrogens with one attached hydrogen (secondary N) is 1. The predicted octanol–water partition coefficient (Wildman–Crippen LogP) is 2.09. The molecule has 0 saturated carbocycles. The average Bonchev–Trinajstić information content (AvgIpc) is 3.16. The topological polar surface area (TPSA) is 95.3 Å². The van der Waals surface area contributed by atoms with Crippen LogP contribution in [-0.4, -0.2) is 37.4 Å². The monoisotopic (exact) mass is 360 g/mol. The molecule has 0 amide bonds. The molecule has 0 fully saturated rings. The molecule has 3 rings (SSSR count). The van der Waals surface area contributed by atoms with Crippen LogP contribution in [0.1, 0.15) is 0 Å². The van der Waals surface area contributed by atoms with E-state index in [0.29, 0.717) is 17.3 Å². The highest BCUT2D eigenvalue weighted by Gasteiger charge is 2.20. The van der Waals surface area contributed by atoms with E-state index in [9.17, 15) is 8.42 Å². The predicted molar refractivity (Wildman–Crippen MR) is 91.7 cm³/mol. The first kappa shape index (κ1) is 16.8. The van der Waals surface area contributed by atoms with Crippen LogP contribution >= 0.6 is 0 Å². The van der Waals surface area contributed by atoms with Crippen molar-refractivity contribution < 1.29 is 17.9 Å². The number of hydrogen-bond donors (Lipinski definition) is 1. The largest absolute Gasteiger partial charge is 0.497 e. The molecule has 0 aliphatic heterocycles. The van der Waals surface area contributed by atoms with E-state index in [0.717, 1.165) is 0 Å². The molecular weight excluding hydrogens is 344 g/mol. The second-order valence-corrected chi connectivity index (χ2v) is 6.63. The van der Waals surface area contributed by atoms with Gasteiger partial charge in [-0.15, -0.1) is 0 Å². The summed E-state index contributed by atoms with van der Waals surface area (Å²) in [6.45, 7) is 0. The van der Waals surface area contributed by atoms with E-state index in [1.165, 1.54) is 32.5 Å². The summed E-state index contributed by atoms with van der Waals surface area (Å²) in [7, 11) is -0.950. The van der Waals surface area contributed by atoms with Gasteiger partial charge in [-0.1, -0.05) is 0 Å². The second kappa shape index (κ2) is 6.81. The highest BCUT2D eigenvalue weighted by atomic mass is 32.2. The molecule has 1 N–H and O–H groups in total. The van der Waals surface area contributed by atoms with Gasteiger partial charge in [-0.05, 0) is 30.3 Å². The molecule has 130 valence electrons. The summed E-state index contributed by atoms with van der Waals surface area (Å²) < 4.78 is 39.5. The first-order valence-electron chi connectivity index (χ1n) is 7.24. The molecule has 8 nitrogen and oxygen atoms in total. The van der Waals surface area contributed by atoms with Crippen molar-refractivity contribution in [2.45, 2.75) is 4.90 Å². The summed E-state index contributed by atoms with van der Waals surface area (Å²) in [5.41, 5.74) is 0.328. The molecule has 1 aromatic carbocycles. The van der Waals surface area contributed by atoms with E-state index in [1.54, 1.807) is 41.3 Å². The molecule has 0 saturated heterocycles. The Morgan fingerprint density at radius 2 is 1.96 bits per heavy atom. The van der Waals surface area contributed by atoms with Gasteiger partial charge in [0.1, 0.15) is 16.4 Å². The maximum absolute atomic E-state index is 12.6. The smallest absolute Gasteiger partial charge is 0.265 e. The summed E-state index contributed by atoms with van der Waals surface area (Å²) >= 11 is 0. The van der Waals surface area contributed by atoms with E-state index in [4.69, 9.17) is 9.47 Å². The van der Waals surface area contributed by atoms with Crippen molar-refractivity contribution >= 4 is 15.7 Å². The molecule has 0 atom stereocenters. The number of rotatable bonds is 6. The van der Waals surface area contributed by atoms with Crippen molar-refractivity contribution in [3.63, 3.8) is 0 Å². The molecule has 9 heteroatoms. The van der Waals surface area contributed by atoms with Crippen molar-refractivity contribution in [1.82, 2.24) is 14.8 Å². The molecule has 2 heterocycles. The number of anilines is 1. The third-order valence-corrected chi connectivity index (χ3v) is 4.82. The van der Waals surface area contributed by atoms with Gasteiger partial charge in [0.25, 0.3) is 10.0 Å². The lowest BCUT2D eigenvalue weighted by Crippen LogP contribution is -2.14. The van der Waals surface area contributed by atoms with Gasteiger partial charge in [0.15, 0.2) is 5.82 Å². The van der Waals surface area contributed by atoms with E-state index in [2.05, 4.69) is 14.8 Å². The van der Waals surface area contributed by atoms with Crippen LogP contribution in [0.2, 0.25) is 0 Å². The first-order chi connectivity index (χ1) is 12.0. The van der Waals surface area contributed by atoms with Crippen LogP contribution in [0.3, 0.4) is 0 Å². The van der Waals surface area contributed by atoms with E-state index < -0.39 is 10.0 Å². The zero-order valence-electron chi connectivity index (χ0n) is 13.6. The number of hydrogen-bond acceptors (Lipinski definition) is 6. The summed E-state index contributed by atoms with van der Waals surface area (Å²) in [6.07, 6.45) is 4.80. The quantitative estimate of drug-likeness (QED) is 0.723.